The third-order valence-corrected chi connectivity index (χ3v) is 2.77. The molecule has 0 saturated carbocycles. The molecule has 0 radical (unpaired) electrons. The van der Waals surface area contributed by atoms with E-state index in [1.807, 2.05) is 0 Å². The van der Waals surface area contributed by atoms with Gasteiger partial charge in [0.1, 0.15) is 17.6 Å². The molecule has 0 atom stereocenters. The van der Waals surface area contributed by atoms with Gasteiger partial charge in [0.25, 0.3) is 5.91 Å². The maximum atomic E-state index is 13.1. The lowest BCUT2D eigenvalue weighted by molar-refractivity contribution is -0.118. The molecule has 0 aliphatic rings. The van der Waals surface area contributed by atoms with Crippen molar-refractivity contribution in [2.45, 2.75) is 0 Å². The van der Waals surface area contributed by atoms with Gasteiger partial charge in [0.2, 0.25) is 0 Å². The van der Waals surface area contributed by atoms with Crippen molar-refractivity contribution in [2.24, 2.45) is 0 Å². The molecule has 0 heterocycles. The van der Waals surface area contributed by atoms with Gasteiger partial charge < -0.3 is 10.1 Å². The van der Waals surface area contributed by atoms with Gasteiger partial charge in [0.05, 0.1) is 5.56 Å². The SMILES string of the molecule is N#Cc1cc(NC(=O)COc2cccc(Cl)c2)ccc1F. The van der Waals surface area contributed by atoms with Crippen LogP contribution in [-0.2, 0) is 4.79 Å². The summed E-state index contributed by atoms with van der Waals surface area (Å²) in [7, 11) is 0. The van der Waals surface area contributed by atoms with E-state index in [4.69, 9.17) is 21.6 Å². The number of halogens is 2. The smallest absolute Gasteiger partial charge is 0.262 e. The second-order valence-corrected chi connectivity index (χ2v) is 4.54. The molecular formula is C15H10ClFN2O2. The maximum absolute atomic E-state index is 13.1. The zero-order valence-electron chi connectivity index (χ0n) is 10.8. The van der Waals surface area contributed by atoms with Gasteiger partial charge in [-0.1, -0.05) is 17.7 Å². The Labute approximate surface area is 125 Å². The van der Waals surface area contributed by atoms with E-state index >= 15 is 0 Å². The van der Waals surface area contributed by atoms with Crippen molar-refractivity contribution in [2.75, 3.05) is 11.9 Å². The third kappa shape index (κ3) is 4.20. The summed E-state index contributed by atoms with van der Waals surface area (Å²) in [4.78, 5) is 11.7. The number of carbonyl (C=O) groups is 1. The van der Waals surface area contributed by atoms with Crippen molar-refractivity contribution < 1.29 is 13.9 Å². The minimum atomic E-state index is -0.634. The molecule has 6 heteroatoms. The first-order valence-electron chi connectivity index (χ1n) is 5.96. The maximum Gasteiger partial charge on any atom is 0.262 e. The summed E-state index contributed by atoms with van der Waals surface area (Å²) < 4.78 is 18.4. The summed E-state index contributed by atoms with van der Waals surface area (Å²) >= 11 is 5.79. The van der Waals surface area contributed by atoms with Crippen molar-refractivity contribution in [3.05, 3.63) is 58.9 Å². The van der Waals surface area contributed by atoms with Crippen LogP contribution < -0.4 is 10.1 Å². The van der Waals surface area contributed by atoms with Crippen LogP contribution in [0.4, 0.5) is 10.1 Å². The number of nitrogens with zero attached hydrogens (tertiary/aromatic N) is 1. The summed E-state index contributed by atoms with van der Waals surface area (Å²) in [5, 5.41) is 11.7. The second kappa shape index (κ2) is 6.73. The number of carbonyl (C=O) groups excluding carboxylic acids is 1. The van der Waals surface area contributed by atoms with E-state index in [9.17, 15) is 9.18 Å². The van der Waals surface area contributed by atoms with Crippen LogP contribution in [0.3, 0.4) is 0 Å². The Kier molecular flexibility index (Phi) is 4.75. The molecule has 1 N–H and O–H groups in total. The Bertz CT molecular complexity index is 713. The molecule has 2 aromatic carbocycles. The molecule has 21 heavy (non-hydrogen) atoms. The highest BCUT2D eigenvalue weighted by atomic mass is 35.5. The van der Waals surface area contributed by atoms with Crippen molar-refractivity contribution in [3.63, 3.8) is 0 Å². The number of hydrogen-bond acceptors (Lipinski definition) is 3. The molecule has 106 valence electrons. The monoisotopic (exact) mass is 304 g/mol. The van der Waals surface area contributed by atoms with E-state index in [1.54, 1.807) is 30.3 Å². The second-order valence-electron chi connectivity index (χ2n) is 4.10. The third-order valence-electron chi connectivity index (χ3n) is 2.54. The standard InChI is InChI=1S/C15H10ClFN2O2/c16-11-2-1-3-13(7-11)21-9-15(20)19-12-4-5-14(17)10(6-12)8-18/h1-7H,9H2,(H,19,20). The molecule has 0 bridgehead atoms. The lowest BCUT2D eigenvalue weighted by Gasteiger charge is -2.08. The van der Waals surface area contributed by atoms with E-state index in [2.05, 4.69) is 5.32 Å². The molecule has 2 rings (SSSR count). The number of anilines is 1. The first kappa shape index (κ1) is 14.8. The van der Waals surface area contributed by atoms with Gasteiger partial charge in [-0.2, -0.15) is 5.26 Å². The van der Waals surface area contributed by atoms with Gasteiger partial charge in [-0.3, -0.25) is 4.79 Å². The van der Waals surface area contributed by atoms with E-state index in [0.717, 1.165) is 6.07 Å². The average molecular weight is 305 g/mol. The Morgan fingerprint density at radius 1 is 1.33 bits per heavy atom. The topological polar surface area (TPSA) is 62.1 Å². The lowest BCUT2D eigenvalue weighted by atomic mass is 10.2. The average Bonchev–Trinajstić information content (AvgIpc) is 2.47. The number of ether oxygens (including phenoxy) is 1. The van der Waals surface area contributed by atoms with Gasteiger partial charge in [-0.15, -0.1) is 0 Å². The van der Waals surface area contributed by atoms with E-state index in [1.165, 1.54) is 12.1 Å². The van der Waals surface area contributed by atoms with Crippen molar-refractivity contribution in [1.29, 1.82) is 5.26 Å². The van der Waals surface area contributed by atoms with Crippen LogP contribution in [0.5, 0.6) is 5.75 Å². The zero-order chi connectivity index (χ0) is 15.2. The van der Waals surface area contributed by atoms with E-state index in [0.29, 0.717) is 16.5 Å². The molecule has 0 aromatic heterocycles. The highest BCUT2D eigenvalue weighted by Crippen LogP contribution is 2.17. The molecule has 0 unspecified atom stereocenters. The van der Waals surface area contributed by atoms with Gasteiger partial charge in [0, 0.05) is 10.7 Å². The largest absolute Gasteiger partial charge is 0.484 e. The highest BCUT2D eigenvalue weighted by molar-refractivity contribution is 6.30. The number of amides is 1. The Hall–Kier alpha value is -2.58. The number of nitrogens with one attached hydrogen (secondary N) is 1. The van der Waals surface area contributed by atoms with Crippen LogP contribution in [0.2, 0.25) is 5.02 Å². The van der Waals surface area contributed by atoms with E-state index in [-0.39, 0.29) is 12.2 Å². The van der Waals surface area contributed by atoms with Crippen LogP contribution in [0.1, 0.15) is 5.56 Å². The van der Waals surface area contributed by atoms with Crippen LogP contribution in [-0.4, -0.2) is 12.5 Å². The van der Waals surface area contributed by atoms with Crippen molar-refractivity contribution in [1.82, 2.24) is 0 Å². The fourth-order valence-electron chi connectivity index (χ4n) is 1.59. The molecule has 2 aromatic rings. The quantitative estimate of drug-likeness (QED) is 0.942. The van der Waals surface area contributed by atoms with Crippen molar-refractivity contribution >= 4 is 23.2 Å². The molecular weight excluding hydrogens is 295 g/mol. The molecule has 4 nitrogen and oxygen atoms in total. The summed E-state index contributed by atoms with van der Waals surface area (Å²) in [6.07, 6.45) is 0. The first-order valence-corrected chi connectivity index (χ1v) is 6.34. The Balaban J connectivity index is 1.95. The number of hydrogen-bond donors (Lipinski definition) is 1. The first-order chi connectivity index (χ1) is 10.1. The predicted octanol–water partition coefficient (Wildman–Crippen LogP) is 3.37. The number of rotatable bonds is 4. The molecule has 0 saturated heterocycles. The molecule has 0 fully saturated rings. The summed E-state index contributed by atoms with van der Waals surface area (Å²) in [5.41, 5.74) is 0.191. The van der Waals surface area contributed by atoms with Crippen LogP contribution in [0.25, 0.3) is 0 Å². The van der Waals surface area contributed by atoms with Gasteiger partial charge in [-0.05, 0) is 36.4 Å². The fraction of sp³-hybridized carbons (Fsp3) is 0.0667. The highest BCUT2D eigenvalue weighted by Gasteiger charge is 2.07. The van der Waals surface area contributed by atoms with Gasteiger partial charge in [0.15, 0.2) is 6.61 Å². The normalized spacial score (nSPS) is 9.76. The summed E-state index contributed by atoms with van der Waals surface area (Å²) in [5.74, 6) is -0.592. The zero-order valence-corrected chi connectivity index (χ0v) is 11.5. The fourth-order valence-corrected chi connectivity index (χ4v) is 1.77. The van der Waals surface area contributed by atoms with E-state index < -0.39 is 11.7 Å². The summed E-state index contributed by atoms with van der Waals surface area (Å²) in [6, 6.07) is 12.1. The molecule has 0 spiro atoms. The van der Waals surface area contributed by atoms with Crippen LogP contribution in [0, 0.1) is 17.1 Å². The molecule has 0 aliphatic heterocycles. The van der Waals surface area contributed by atoms with Gasteiger partial charge in [-0.25, -0.2) is 4.39 Å². The predicted molar refractivity (Wildman–Crippen MR) is 76.7 cm³/mol. The minimum Gasteiger partial charge on any atom is -0.484 e. The summed E-state index contributed by atoms with van der Waals surface area (Å²) in [6.45, 7) is -0.223. The minimum absolute atomic E-state index is 0.136. The van der Waals surface area contributed by atoms with Gasteiger partial charge >= 0.3 is 0 Å². The Morgan fingerprint density at radius 3 is 2.86 bits per heavy atom. The van der Waals surface area contributed by atoms with Crippen molar-refractivity contribution in [3.8, 4) is 11.8 Å². The lowest BCUT2D eigenvalue weighted by Crippen LogP contribution is -2.20. The van der Waals surface area contributed by atoms with Crippen LogP contribution >= 0.6 is 11.6 Å². The molecule has 0 aliphatic carbocycles. The Morgan fingerprint density at radius 2 is 2.14 bits per heavy atom. The number of nitriles is 1. The molecule has 1 amide bonds. The number of benzene rings is 2. The van der Waals surface area contributed by atoms with Crippen LogP contribution in [0.15, 0.2) is 42.5 Å².